The van der Waals surface area contributed by atoms with Gasteiger partial charge in [-0.2, -0.15) is 0 Å². The Balaban J connectivity index is 1.60. The van der Waals surface area contributed by atoms with Crippen molar-refractivity contribution in [3.63, 3.8) is 0 Å². The summed E-state index contributed by atoms with van der Waals surface area (Å²) in [5, 5.41) is 2.95. The predicted molar refractivity (Wildman–Crippen MR) is 113 cm³/mol. The molecule has 4 aromatic rings. The second kappa shape index (κ2) is 8.45. The van der Waals surface area contributed by atoms with Crippen molar-refractivity contribution in [3.8, 4) is 11.3 Å². The second-order valence-corrected chi connectivity index (χ2v) is 6.95. The van der Waals surface area contributed by atoms with Crippen LogP contribution < -0.4 is 5.56 Å². The van der Waals surface area contributed by atoms with Crippen LogP contribution in [0, 0.1) is 0 Å². The lowest BCUT2D eigenvalue weighted by molar-refractivity contribution is 0.0454. The maximum absolute atomic E-state index is 12.6. The highest BCUT2D eigenvalue weighted by molar-refractivity contribution is 6.31. The molecule has 0 fully saturated rings. The van der Waals surface area contributed by atoms with Crippen LogP contribution >= 0.6 is 11.6 Å². The number of carbonyl (C=O) groups excluding carboxylic acids is 2. The number of rotatable bonds is 5. The zero-order valence-electron chi connectivity index (χ0n) is 16.3. The standard InChI is InChI=1S/C22H16ClN3O5/c1-30-21(28)14-8-5-9-16(23)15(14)12-31-22(29)18-10-19-24-17(11-20(27)26(19)25-18)13-6-3-2-4-7-13/h2-11,25H,12H2,1H3. The van der Waals surface area contributed by atoms with Crippen molar-refractivity contribution < 1.29 is 19.1 Å². The Hall–Kier alpha value is -3.91. The summed E-state index contributed by atoms with van der Waals surface area (Å²) in [6.07, 6.45) is 0. The molecule has 0 amide bonds. The maximum atomic E-state index is 12.6. The molecule has 2 aromatic heterocycles. The average molecular weight is 438 g/mol. The Morgan fingerprint density at radius 1 is 1.06 bits per heavy atom. The number of aromatic nitrogens is 3. The number of hydrogen-bond donors (Lipinski definition) is 1. The zero-order valence-corrected chi connectivity index (χ0v) is 17.1. The molecule has 0 atom stereocenters. The Morgan fingerprint density at radius 3 is 2.58 bits per heavy atom. The predicted octanol–water partition coefficient (Wildman–Crippen LogP) is 3.49. The summed E-state index contributed by atoms with van der Waals surface area (Å²) in [7, 11) is 1.25. The summed E-state index contributed by atoms with van der Waals surface area (Å²) < 4.78 is 11.2. The van der Waals surface area contributed by atoms with E-state index in [9.17, 15) is 14.4 Å². The van der Waals surface area contributed by atoms with Gasteiger partial charge in [0.1, 0.15) is 12.3 Å². The summed E-state index contributed by atoms with van der Waals surface area (Å²) in [4.78, 5) is 41.4. The normalized spacial score (nSPS) is 10.8. The van der Waals surface area contributed by atoms with Gasteiger partial charge in [-0.25, -0.2) is 19.1 Å². The van der Waals surface area contributed by atoms with Crippen molar-refractivity contribution in [2.75, 3.05) is 7.11 Å². The third-order valence-electron chi connectivity index (χ3n) is 4.61. The van der Waals surface area contributed by atoms with Gasteiger partial charge in [0.25, 0.3) is 5.56 Å². The Bertz CT molecular complexity index is 1340. The number of H-pyrrole nitrogens is 1. The Morgan fingerprint density at radius 2 is 1.84 bits per heavy atom. The molecule has 8 nitrogen and oxygen atoms in total. The number of esters is 2. The van der Waals surface area contributed by atoms with Crippen molar-refractivity contribution >= 4 is 29.2 Å². The molecule has 156 valence electrons. The first-order valence-corrected chi connectivity index (χ1v) is 9.57. The van der Waals surface area contributed by atoms with Crippen LogP contribution in [-0.4, -0.2) is 33.6 Å². The van der Waals surface area contributed by atoms with Crippen molar-refractivity contribution in [2.24, 2.45) is 0 Å². The lowest BCUT2D eigenvalue weighted by atomic mass is 10.1. The van der Waals surface area contributed by atoms with E-state index in [1.165, 1.54) is 25.3 Å². The lowest BCUT2D eigenvalue weighted by Crippen LogP contribution is -2.15. The summed E-state index contributed by atoms with van der Waals surface area (Å²) in [5.41, 5.74) is 1.71. The van der Waals surface area contributed by atoms with Crippen LogP contribution in [0.1, 0.15) is 26.4 Å². The third kappa shape index (κ3) is 4.06. The summed E-state index contributed by atoms with van der Waals surface area (Å²) >= 11 is 6.16. The molecule has 0 aliphatic carbocycles. The van der Waals surface area contributed by atoms with Crippen molar-refractivity contribution in [3.05, 3.63) is 92.9 Å². The highest BCUT2D eigenvalue weighted by Gasteiger charge is 2.18. The number of fused-ring (bicyclic) bond motifs is 1. The number of nitrogens with zero attached hydrogens (tertiary/aromatic N) is 2. The van der Waals surface area contributed by atoms with Gasteiger partial charge in [-0.1, -0.05) is 48.0 Å². The summed E-state index contributed by atoms with van der Waals surface area (Å²) in [6.45, 7) is -0.254. The Kier molecular flexibility index (Phi) is 5.55. The minimum Gasteiger partial charge on any atom is -0.465 e. The summed E-state index contributed by atoms with van der Waals surface area (Å²) in [5.74, 6) is -1.33. The van der Waals surface area contributed by atoms with Gasteiger partial charge >= 0.3 is 11.9 Å². The molecule has 9 heteroatoms. The number of nitrogens with one attached hydrogen (secondary N) is 1. The van der Waals surface area contributed by atoms with Crippen LogP contribution in [-0.2, 0) is 16.1 Å². The molecule has 2 heterocycles. The maximum Gasteiger partial charge on any atom is 0.356 e. The van der Waals surface area contributed by atoms with E-state index in [2.05, 4.69) is 10.1 Å². The van der Waals surface area contributed by atoms with Gasteiger partial charge in [0, 0.05) is 28.3 Å². The average Bonchev–Trinajstić information content (AvgIpc) is 3.23. The van der Waals surface area contributed by atoms with Gasteiger partial charge in [-0.05, 0) is 12.1 Å². The minimum absolute atomic E-state index is 0.0292. The SMILES string of the molecule is COC(=O)c1cccc(Cl)c1COC(=O)c1cc2nc(-c3ccccc3)cc(=O)n2[nH]1. The number of hydrogen-bond acceptors (Lipinski definition) is 6. The van der Waals surface area contributed by atoms with E-state index >= 15 is 0 Å². The van der Waals surface area contributed by atoms with Crippen molar-refractivity contribution in [2.45, 2.75) is 6.61 Å². The monoisotopic (exact) mass is 437 g/mol. The van der Waals surface area contributed by atoms with E-state index < -0.39 is 11.9 Å². The highest BCUT2D eigenvalue weighted by Crippen LogP contribution is 2.22. The van der Waals surface area contributed by atoms with Gasteiger partial charge in [-0.15, -0.1) is 0 Å². The molecule has 1 N–H and O–H groups in total. The zero-order chi connectivity index (χ0) is 22.0. The third-order valence-corrected chi connectivity index (χ3v) is 4.97. The molecular formula is C22H16ClN3O5. The Labute approximate surface area is 181 Å². The fraction of sp³-hybridized carbons (Fsp3) is 0.0909. The molecule has 0 spiro atoms. The van der Waals surface area contributed by atoms with Crippen molar-refractivity contribution in [1.29, 1.82) is 0 Å². The smallest absolute Gasteiger partial charge is 0.356 e. The van der Waals surface area contributed by atoms with Crippen LogP contribution in [0.5, 0.6) is 0 Å². The molecule has 2 aromatic carbocycles. The second-order valence-electron chi connectivity index (χ2n) is 6.54. The fourth-order valence-electron chi connectivity index (χ4n) is 3.07. The highest BCUT2D eigenvalue weighted by atomic mass is 35.5. The number of benzene rings is 2. The first-order valence-electron chi connectivity index (χ1n) is 9.19. The number of halogens is 1. The quantitative estimate of drug-likeness (QED) is 0.479. The van der Waals surface area contributed by atoms with Crippen LogP contribution in [0.25, 0.3) is 16.9 Å². The first-order chi connectivity index (χ1) is 15.0. The molecule has 4 rings (SSSR count). The molecule has 0 aliphatic rings. The van der Waals surface area contributed by atoms with Gasteiger partial charge in [0.05, 0.1) is 18.4 Å². The minimum atomic E-state index is -0.734. The molecule has 0 saturated carbocycles. The summed E-state index contributed by atoms with van der Waals surface area (Å²) in [6, 6.07) is 16.7. The van der Waals surface area contributed by atoms with Gasteiger partial charge in [0.15, 0.2) is 5.65 Å². The number of methoxy groups -OCH3 is 1. The van der Waals surface area contributed by atoms with E-state index in [0.29, 0.717) is 11.3 Å². The number of ether oxygens (including phenoxy) is 2. The molecule has 0 unspecified atom stereocenters. The largest absolute Gasteiger partial charge is 0.465 e. The first kappa shape index (κ1) is 20.4. The molecule has 31 heavy (non-hydrogen) atoms. The van der Waals surface area contributed by atoms with Gasteiger partial charge < -0.3 is 9.47 Å². The molecule has 0 bridgehead atoms. The number of carbonyl (C=O) groups is 2. The topological polar surface area (TPSA) is 103 Å². The fourth-order valence-corrected chi connectivity index (χ4v) is 3.30. The van der Waals surface area contributed by atoms with Gasteiger partial charge in [-0.3, -0.25) is 9.89 Å². The molecule has 0 saturated heterocycles. The molecule has 0 aliphatic heterocycles. The van der Waals surface area contributed by atoms with Crippen LogP contribution in [0.4, 0.5) is 0 Å². The van der Waals surface area contributed by atoms with Crippen molar-refractivity contribution in [1.82, 2.24) is 14.6 Å². The van der Waals surface area contributed by atoms with Crippen LogP contribution in [0.15, 0.2) is 65.5 Å². The van der Waals surface area contributed by atoms with E-state index in [0.717, 1.165) is 10.1 Å². The van der Waals surface area contributed by atoms with Crippen LogP contribution in [0.3, 0.4) is 0 Å². The van der Waals surface area contributed by atoms with E-state index in [1.54, 1.807) is 12.1 Å². The molecule has 0 radical (unpaired) electrons. The lowest BCUT2D eigenvalue weighted by Gasteiger charge is -2.10. The van der Waals surface area contributed by atoms with E-state index in [4.69, 9.17) is 21.1 Å². The number of aromatic amines is 1. The van der Waals surface area contributed by atoms with Crippen LogP contribution in [0.2, 0.25) is 5.02 Å². The van der Waals surface area contributed by atoms with E-state index in [-0.39, 0.29) is 34.1 Å². The molecular weight excluding hydrogens is 422 g/mol. The van der Waals surface area contributed by atoms with Gasteiger partial charge in [0.2, 0.25) is 0 Å². The van der Waals surface area contributed by atoms with E-state index in [1.807, 2.05) is 30.3 Å².